The number of anilines is 1. The van der Waals surface area contributed by atoms with Crippen molar-refractivity contribution in [1.29, 1.82) is 0 Å². The lowest BCUT2D eigenvalue weighted by molar-refractivity contribution is -0.0109. The molecule has 2 fully saturated rings. The van der Waals surface area contributed by atoms with Gasteiger partial charge in [0.1, 0.15) is 5.82 Å². The van der Waals surface area contributed by atoms with Gasteiger partial charge in [-0.1, -0.05) is 31.4 Å². The summed E-state index contributed by atoms with van der Waals surface area (Å²) >= 11 is 6.43. The quantitative estimate of drug-likeness (QED) is 0.735. The third kappa shape index (κ3) is 4.81. The molecule has 31 heavy (non-hydrogen) atoms. The Balaban J connectivity index is 1.53. The van der Waals surface area contributed by atoms with E-state index in [-0.39, 0.29) is 12.5 Å². The van der Waals surface area contributed by atoms with E-state index in [1.54, 1.807) is 6.07 Å². The van der Waals surface area contributed by atoms with E-state index in [0.29, 0.717) is 29.0 Å². The molecular formula is C24H33ClN4O2. The number of nitrogens with zero attached hydrogens (tertiary/aromatic N) is 3. The van der Waals surface area contributed by atoms with Crippen LogP contribution in [0, 0.1) is 5.92 Å². The highest BCUT2D eigenvalue weighted by atomic mass is 35.5. The second-order valence-electron chi connectivity index (χ2n) is 9.62. The van der Waals surface area contributed by atoms with E-state index in [1.165, 1.54) is 0 Å². The summed E-state index contributed by atoms with van der Waals surface area (Å²) in [6, 6.07) is 8.05. The monoisotopic (exact) mass is 444 g/mol. The first-order valence-corrected chi connectivity index (χ1v) is 11.6. The Kier molecular flexibility index (Phi) is 6.42. The third-order valence-electron chi connectivity index (χ3n) is 6.90. The van der Waals surface area contributed by atoms with Gasteiger partial charge in [-0.05, 0) is 63.5 Å². The number of aliphatic hydroxyl groups is 1. The van der Waals surface area contributed by atoms with Crippen molar-refractivity contribution in [3.8, 4) is 0 Å². The summed E-state index contributed by atoms with van der Waals surface area (Å²) in [6.07, 6.45) is 4.66. The minimum absolute atomic E-state index is 0.244. The van der Waals surface area contributed by atoms with Crippen LogP contribution in [0.15, 0.2) is 24.3 Å². The molecule has 7 heteroatoms. The highest BCUT2D eigenvalue weighted by molar-refractivity contribution is 6.35. The molecule has 0 radical (unpaired) electrons. The molecule has 3 unspecified atom stereocenters. The average Bonchev–Trinajstić information content (AvgIpc) is 3.22. The molecule has 1 aromatic carbocycles. The Bertz CT molecular complexity index is 966. The van der Waals surface area contributed by atoms with Crippen molar-refractivity contribution >= 4 is 34.2 Å². The molecule has 1 aliphatic heterocycles. The van der Waals surface area contributed by atoms with Gasteiger partial charge in [-0.2, -0.15) is 0 Å². The lowest BCUT2D eigenvalue weighted by Gasteiger charge is -2.35. The molecule has 1 amide bonds. The molecule has 1 saturated heterocycles. The molecule has 2 aromatic rings. The Hall–Kier alpha value is -1.89. The van der Waals surface area contributed by atoms with Crippen molar-refractivity contribution in [2.45, 2.75) is 50.7 Å². The van der Waals surface area contributed by atoms with E-state index in [9.17, 15) is 9.90 Å². The zero-order valence-electron chi connectivity index (χ0n) is 18.7. The fraction of sp³-hybridized carbons (Fsp3) is 0.583. The van der Waals surface area contributed by atoms with E-state index in [1.807, 2.05) is 18.2 Å². The average molecular weight is 445 g/mol. The molecule has 2 N–H and O–H groups in total. The van der Waals surface area contributed by atoms with E-state index < -0.39 is 5.60 Å². The van der Waals surface area contributed by atoms with Gasteiger partial charge < -0.3 is 20.2 Å². The Morgan fingerprint density at radius 2 is 2.13 bits per heavy atom. The first-order chi connectivity index (χ1) is 14.8. The lowest BCUT2D eigenvalue weighted by atomic mass is 9.79. The number of hydrogen-bond acceptors (Lipinski definition) is 5. The highest BCUT2D eigenvalue weighted by Crippen LogP contribution is 2.32. The second kappa shape index (κ2) is 8.93. The zero-order valence-corrected chi connectivity index (χ0v) is 19.5. The van der Waals surface area contributed by atoms with E-state index in [4.69, 9.17) is 16.6 Å². The van der Waals surface area contributed by atoms with Gasteiger partial charge >= 0.3 is 0 Å². The molecule has 6 nitrogen and oxygen atoms in total. The maximum Gasteiger partial charge on any atom is 0.253 e. The summed E-state index contributed by atoms with van der Waals surface area (Å²) < 4.78 is 0. The largest absolute Gasteiger partial charge is 0.388 e. The molecule has 1 aliphatic carbocycles. The summed E-state index contributed by atoms with van der Waals surface area (Å²) in [5.41, 5.74) is 0.345. The number of amides is 1. The van der Waals surface area contributed by atoms with Gasteiger partial charge in [0.2, 0.25) is 0 Å². The van der Waals surface area contributed by atoms with Crippen LogP contribution >= 0.6 is 11.6 Å². The van der Waals surface area contributed by atoms with Gasteiger partial charge in [-0.15, -0.1) is 0 Å². The van der Waals surface area contributed by atoms with Crippen LogP contribution in [0.2, 0.25) is 5.02 Å². The lowest BCUT2D eigenvalue weighted by Crippen LogP contribution is -2.45. The highest BCUT2D eigenvalue weighted by Gasteiger charge is 2.33. The molecule has 3 atom stereocenters. The van der Waals surface area contributed by atoms with Crippen LogP contribution in [0.25, 0.3) is 10.9 Å². The number of carbonyl (C=O) groups excluding carboxylic acids is 1. The fourth-order valence-corrected chi connectivity index (χ4v) is 5.32. The summed E-state index contributed by atoms with van der Waals surface area (Å²) in [5.74, 6) is 1.14. The predicted molar refractivity (Wildman–Crippen MR) is 126 cm³/mol. The van der Waals surface area contributed by atoms with Gasteiger partial charge in [0, 0.05) is 31.1 Å². The Labute approximate surface area is 189 Å². The van der Waals surface area contributed by atoms with Crippen molar-refractivity contribution in [3.63, 3.8) is 0 Å². The number of halogens is 1. The smallest absolute Gasteiger partial charge is 0.253 e. The normalized spacial score (nSPS) is 26.6. The van der Waals surface area contributed by atoms with E-state index >= 15 is 0 Å². The summed E-state index contributed by atoms with van der Waals surface area (Å²) in [7, 11) is 4.22. The van der Waals surface area contributed by atoms with Crippen LogP contribution in [0.5, 0.6) is 0 Å². The second-order valence-corrected chi connectivity index (χ2v) is 10.0. The SMILES string of the molecule is CC1CCCC(O)(CNC(=O)c2c(Cl)ccc3nc(N4CCC(N(C)C)C4)ccc23)C1. The minimum atomic E-state index is -0.839. The van der Waals surface area contributed by atoms with Crippen LogP contribution in [-0.4, -0.2) is 66.3 Å². The number of nitrogens with one attached hydrogen (secondary N) is 1. The number of aromatic nitrogens is 1. The number of fused-ring (bicyclic) bond motifs is 1. The summed E-state index contributed by atoms with van der Waals surface area (Å²) in [4.78, 5) is 22.4. The van der Waals surface area contributed by atoms with Gasteiger partial charge in [0.15, 0.2) is 0 Å². The van der Waals surface area contributed by atoms with Gasteiger partial charge in [0.05, 0.1) is 21.7 Å². The number of benzene rings is 1. The van der Waals surface area contributed by atoms with Crippen molar-refractivity contribution in [2.24, 2.45) is 5.92 Å². The number of hydrogen-bond donors (Lipinski definition) is 2. The van der Waals surface area contributed by atoms with Gasteiger partial charge in [-0.25, -0.2) is 4.98 Å². The van der Waals surface area contributed by atoms with Crippen LogP contribution < -0.4 is 10.2 Å². The molecular weight excluding hydrogens is 412 g/mol. The first-order valence-electron chi connectivity index (χ1n) is 11.3. The Morgan fingerprint density at radius 3 is 2.84 bits per heavy atom. The molecule has 168 valence electrons. The standard InChI is InChI=1S/C24H33ClN4O2/c1-16-5-4-11-24(31,13-16)15-26-23(30)22-18-6-9-21(27-20(18)8-7-19(22)25)29-12-10-17(14-29)28(2)3/h6-9,16-17,31H,4-5,10-15H2,1-3H3,(H,26,30). The van der Waals surface area contributed by atoms with Crippen molar-refractivity contribution in [3.05, 3.63) is 34.9 Å². The topological polar surface area (TPSA) is 68.7 Å². The van der Waals surface area contributed by atoms with Crippen LogP contribution in [0.1, 0.15) is 49.4 Å². The van der Waals surface area contributed by atoms with Crippen LogP contribution in [-0.2, 0) is 0 Å². The minimum Gasteiger partial charge on any atom is -0.388 e. The number of carbonyl (C=O) groups is 1. The molecule has 0 bridgehead atoms. The van der Waals surface area contributed by atoms with Crippen molar-refractivity contribution < 1.29 is 9.90 Å². The van der Waals surface area contributed by atoms with Crippen molar-refractivity contribution in [2.75, 3.05) is 38.6 Å². The summed E-state index contributed by atoms with van der Waals surface area (Å²) in [5, 5.41) is 14.9. The van der Waals surface area contributed by atoms with Crippen LogP contribution in [0.3, 0.4) is 0 Å². The molecule has 0 spiro atoms. The predicted octanol–water partition coefficient (Wildman–Crippen LogP) is 3.70. The number of likely N-dealkylation sites (N-methyl/N-ethyl adjacent to an activating group) is 1. The first kappa shape index (κ1) is 22.3. The number of rotatable bonds is 5. The Morgan fingerprint density at radius 1 is 1.32 bits per heavy atom. The van der Waals surface area contributed by atoms with Gasteiger partial charge in [-0.3, -0.25) is 4.79 Å². The molecule has 2 aliphatic rings. The van der Waals surface area contributed by atoms with E-state index in [0.717, 1.165) is 55.5 Å². The third-order valence-corrected chi connectivity index (χ3v) is 7.21. The number of pyridine rings is 1. The van der Waals surface area contributed by atoms with E-state index in [2.05, 4.69) is 36.1 Å². The molecule has 1 aromatic heterocycles. The molecule has 2 heterocycles. The maximum atomic E-state index is 13.1. The van der Waals surface area contributed by atoms with Gasteiger partial charge in [0.25, 0.3) is 5.91 Å². The zero-order chi connectivity index (χ0) is 22.2. The fourth-order valence-electron chi connectivity index (χ4n) is 5.07. The molecule has 4 rings (SSSR count). The summed E-state index contributed by atoms with van der Waals surface area (Å²) in [6.45, 7) is 4.31. The maximum absolute atomic E-state index is 13.1. The van der Waals surface area contributed by atoms with Crippen LogP contribution in [0.4, 0.5) is 5.82 Å². The van der Waals surface area contributed by atoms with Crippen molar-refractivity contribution in [1.82, 2.24) is 15.2 Å². The molecule has 1 saturated carbocycles.